The Kier molecular flexibility index (Phi) is 3.43. The normalized spacial score (nSPS) is 11.5. The van der Waals surface area contributed by atoms with Gasteiger partial charge in [-0.05, 0) is 18.4 Å². The minimum atomic E-state index is 0.111. The summed E-state index contributed by atoms with van der Waals surface area (Å²) in [5.41, 5.74) is 1.04. The maximum Gasteiger partial charge on any atom is 0.144 e. The second kappa shape index (κ2) is 4.84. The maximum atomic E-state index is 4.39. The van der Waals surface area contributed by atoms with Crippen LogP contribution in [0.4, 0.5) is 5.82 Å². The largest absolute Gasteiger partial charge is 0.368 e. The molecule has 0 atom stereocenters. The topological polar surface area (TPSA) is 37.8 Å². The molecule has 0 aromatic carbocycles. The molecule has 2 aromatic heterocycles. The molecule has 0 aliphatic carbocycles. The van der Waals surface area contributed by atoms with Crippen molar-refractivity contribution in [3.63, 3.8) is 0 Å². The number of nitrogens with zero attached hydrogens (tertiary/aromatic N) is 2. The molecule has 0 spiro atoms. The Bertz CT molecular complexity index is 477. The summed E-state index contributed by atoms with van der Waals surface area (Å²) in [7, 11) is 0. The summed E-state index contributed by atoms with van der Waals surface area (Å²) in [4.78, 5) is 9.89. The summed E-state index contributed by atoms with van der Waals surface area (Å²) < 4.78 is 0. The average molecular weight is 247 g/mol. The summed E-state index contributed by atoms with van der Waals surface area (Å²) >= 11 is 1.79. The van der Waals surface area contributed by atoms with Crippen molar-refractivity contribution in [2.75, 3.05) is 11.9 Å². The van der Waals surface area contributed by atoms with Crippen LogP contribution in [0.1, 0.15) is 24.4 Å². The van der Waals surface area contributed by atoms with Gasteiger partial charge in [0.05, 0.1) is 11.9 Å². The Hall–Kier alpha value is -1.42. The zero-order chi connectivity index (χ0) is 12.3. The Balaban J connectivity index is 2.03. The first kappa shape index (κ1) is 12.0. The van der Waals surface area contributed by atoms with E-state index in [1.807, 2.05) is 6.92 Å². The Labute approximate surface area is 106 Å². The summed E-state index contributed by atoms with van der Waals surface area (Å²) in [6.45, 7) is 7.26. The van der Waals surface area contributed by atoms with E-state index >= 15 is 0 Å². The summed E-state index contributed by atoms with van der Waals surface area (Å²) in [6, 6.07) is 4.27. The monoisotopic (exact) mass is 247 g/mol. The van der Waals surface area contributed by atoms with Crippen LogP contribution in [0.2, 0.25) is 0 Å². The third-order valence-corrected chi connectivity index (χ3v) is 3.89. The highest BCUT2D eigenvalue weighted by molar-refractivity contribution is 7.10. The first-order valence-electron chi connectivity index (χ1n) is 5.64. The van der Waals surface area contributed by atoms with Gasteiger partial charge in [-0.15, -0.1) is 11.3 Å². The summed E-state index contributed by atoms with van der Waals surface area (Å²) in [6.07, 6.45) is 3.52. The SMILES string of the molecule is Cc1cncc(NCC(C)(C)c2cccs2)n1. The van der Waals surface area contributed by atoms with Crippen molar-refractivity contribution >= 4 is 17.2 Å². The molecule has 2 rings (SSSR count). The molecular formula is C13H17N3S. The van der Waals surface area contributed by atoms with Crippen molar-refractivity contribution in [1.29, 1.82) is 0 Å². The highest BCUT2D eigenvalue weighted by Gasteiger charge is 2.21. The molecule has 0 saturated heterocycles. The smallest absolute Gasteiger partial charge is 0.144 e. The fraction of sp³-hybridized carbons (Fsp3) is 0.385. The molecule has 0 bridgehead atoms. The molecule has 17 heavy (non-hydrogen) atoms. The zero-order valence-corrected chi connectivity index (χ0v) is 11.2. The van der Waals surface area contributed by atoms with Crippen molar-refractivity contribution in [3.8, 4) is 0 Å². The van der Waals surface area contributed by atoms with E-state index < -0.39 is 0 Å². The van der Waals surface area contributed by atoms with E-state index in [-0.39, 0.29) is 5.41 Å². The first-order chi connectivity index (χ1) is 8.08. The van der Waals surface area contributed by atoms with Crippen molar-refractivity contribution in [1.82, 2.24) is 9.97 Å². The van der Waals surface area contributed by atoms with Crippen LogP contribution in [0.15, 0.2) is 29.9 Å². The van der Waals surface area contributed by atoms with Crippen molar-refractivity contribution in [3.05, 3.63) is 40.5 Å². The maximum absolute atomic E-state index is 4.39. The van der Waals surface area contributed by atoms with E-state index in [0.29, 0.717) is 0 Å². The van der Waals surface area contributed by atoms with Gasteiger partial charge in [0.15, 0.2) is 0 Å². The molecule has 0 amide bonds. The molecule has 0 aliphatic heterocycles. The third kappa shape index (κ3) is 3.03. The Morgan fingerprint density at radius 1 is 1.35 bits per heavy atom. The van der Waals surface area contributed by atoms with Crippen LogP contribution in [0.25, 0.3) is 0 Å². The molecule has 2 aromatic rings. The highest BCUT2D eigenvalue weighted by Crippen LogP contribution is 2.27. The number of aryl methyl sites for hydroxylation is 1. The molecule has 0 aliphatic rings. The molecule has 3 nitrogen and oxygen atoms in total. The van der Waals surface area contributed by atoms with Crippen LogP contribution < -0.4 is 5.32 Å². The van der Waals surface area contributed by atoms with E-state index in [4.69, 9.17) is 0 Å². The number of thiophene rings is 1. The lowest BCUT2D eigenvalue weighted by molar-refractivity contribution is 0.568. The van der Waals surface area contributed by atoms with Crippen molar-refractivity contribution in [2.45, 2.75) is 26.2 Å². The van der Waals surface area contributed by atoms with E-state index in [1.54, 1.807) is 23.7 Å². The summed E-state index contributed by atoms with van der Waals surface area (Å²) in [5, 5.41) is 5.46. The van der Waals surface area contributed by atoms with Gasteiger partial charge in [-0.2, -0.15) is 0 Å². The van der Waals surface area contributed by atoms with Gasteiger partial charge in [-0.25, -0.2) is 4.98 Å². The molecule has 0 fully saturated rings. The van der Waals surface area contributed by atoms with E-state index in [1.165, 1.54) is 4.88 Å². The quantitative estimate of drug-likeness (QED) is 0.901. The third-order valence-electron chi connectivity index (χ3n) is 2.65. The highest BCUT2D eigenvalue weighted by atomic mass is 32.1. The fourth-order valence-corrected chi connectivity index (χ4v) is 2.46. The molecule has 1 N–H and O–H groups in total. The summed E-state index contributed by atoms with van der Waals surface area (Å²) in [5.74, 6) is 0.842. The number of aromatic nitrogens is 2. The molecule has 4 heteroatoms. The molecule has 0 unspecified atom stereocenters. The second-order valence-electron chi connectivity index (χ2n) is 4.76. The van der Waals surface area contributed by atoms with E-state index in [2.05, 4.69) is 46.6 Å². The van der Waals surface area contributed by atoms with Crippen LogP contribution in [0.3, 0.4) is 0 Å². The lowest BCUT2D eigenvalue weighted by Crippen LogP contribution is -2.26. The number of hydrogen-bond donors (Lipinski definition) is 1. The predicted molar refractivity (Wildman–Crippen MR) is 72.6 cm³/mol. The molecule has 0 saturated carbocycles. The van der Waals surface area contributed by atoms with Gasteiger partial charge >= 0.3 is 0 Å². The fourth-order valence-electron chi connectivity index (χ4n) is 1.61. The second-order valence-corrected chi connectivity index (χ2v) is 5.71. The van der Waals surface area contributed by atoms with E-state index in [0.717, 1.165) is 18.1 Å². The lowest BCUT2D eigenvalue weighted by atomic mass is 9.91. The van der Waals surface area contributed by atoms with Crippen molar-refractivity contribution in [2.24, 2.45) is 0 Å². The number of rotatable bonds is 4. The number of hydrogen-bond acceptors (Lipinski definition) is 4. The van der Waals surface area contributed by atoms with Crippen molar-refractivity contribution < 1.29 is 0 Å². The minimum Gasteiger partial charge on any atom is -0.368 e. The van der Waals surface area contributed by atoms with E-state index in [9.17, 15) is 0 Å². The molecule has 90 valence electrons. The Morgan fingerprint density at radius 2 is 2.18 bits per heavy atom. The molecule has 0 radical (unpaired) electrons. The molecule has 2 heterocycles. The van der Waals surface area contributed by atoms with Gasteiger partial charge in [0.25, 0.3) is 0 Å². The number of nitrogens with one attached hydrogen (secondary N) is 1. The van der Waals surface area contributed by atoms with Crippen LogP contribution in [0, 0.1) is 6.92 Å². The Morgan fingerprint density at radius 3 is 2.82 bits per heavy atom. The van der Waals surface area contributed by atoms with Crippen LogP contribution >= 0.6 is 11.3 Å². The van der Waals surface area contributed by atoms with Crippen LogP contribution in [0.5, 0.6) is 0 Å². The van der Waals surface area contributed by atoms with Gasteiger partial charge in [0, 0.05) is 23.0 Å². The van der Waals surface area contributed by atoms with Crippen LogP contribution in [-0.2, 0) is 5.41 Å². The zero-order valence-electron chi connectivity index (χ0n) is 10.4. The van der Waals surface area contributed by atoms with Gasteiger partial charge in [0.1, 0.15) is 5.82 Å². The minimum absolute atomic E-state index is 0.111. The lowest BCUT2D eigenvalue weighted by Gasteiger charge is -2.23. The van der Waals surface area contributed by atoms with Crippen LogP contribution in [-0.4, -0.2) is 16.5 Å². The first-order valence-corrected chi connectivity index (χ1v) is 6.52. The van der Waals surface area contributed by atoms with Gasteiger partial charge in [-0.1, -0.05) is 19.9 Å². The standard InChI is InChI=1S/C13H17N3S/c1-10-7-14-8-12(16-10)15-9-13(2,3)11-5-4-6-17-11/h4-8H,9H2,1-3H3,(H,15,16). The number of anilines is 1. The predicted octanol–water partition coefficient (Wildman–Crippen LogP) is 3.24. The molecular weight excluding hydrogens is 230 g/mol. The van der Waals surface area contributed by atoms with Gasteiger partial charge in [0.2, 0.25) is 0 Å². The average Bonchev–Trinajstić information content (AvgIpc) is 2.81. The van der Waals surface area contributed by atoms with Gasteiger partial charge in [-0.3, -0.25) is 4.98 Å². The van der Waals surface area contributed by atoms with Gasteiger partial charge < -0.3 is 5.32 Å².